The fraction of sp³-hybridized carbons (Fsp3) is 0.923. The van der Waals surface area contributed by atoms with Crippen LogP contribution in [-0.2, 0) is 4.79 Å². The quantitative estimate of drug-likeness (QED) is 0.817. The van der Waals surface area contributed by atoms with Gasteiger partial charge in [0, 0.05) is 6.54 Å². The van der Waals surface area contributed by atoms with E-state index in [0.717, 1.165) is 25.3 Å². The van der Waals surface area contributed by atoms with Crippen molar-refractivity contribution in [1.29, 1.82) is 0 Å². The summed E-state index contributed by atoms with van der Waals surface area (Å²) in [5.74, 6) is 3.56. The van der Waals surface area contributed by atoms with Gasteiger partial charge < -0.3 is 4.90 Å². The van der Waals surface area contributed by atoms with Crippen LogP contribution in [0.5, 0.6) is 0 Å². The predicted octanol–water partition coefficient (Wildman–Crippen LogP) is 2.08. The van der Waals surface area contributed by atoms with E-state index in [1.807, 2.05) is 11.8 Å². The fourth-order valence-corrected chi connectivity index (χ4v) is 3.98. The summed E-state index contributed by atoms with van der Waals surface area (Å²) in [5.41, 5.74) is 0. The number of carbonyl (C=O) groups excluding carboxylic acids is 1. The minimum atomic E-state index is 0.0824. The van der Waals surface area contributed by atoms with Crippen molar-refractivity contribution >= 4 is 17.7 Å². The zero-order valence-electron chi connectivity index (χ0n) is 10.9. The van der Waals surface area contributed by atoms with Crippen molar-refractivity contribution in [3.05, 3.63) is 0 Å². The molecule has 2 aliphatic heterocycles. The van der Waals surface area contributed by atoms with Gasteiger partial charge in [-0.2, -0.15) is 11.8 Å². The van der Waals surface area contributed by atoms with E-state index >= 15 is 0 Å². The number of nitrogens with zero attached hydrogens (tertiary/aromatic N) is 1. The van der Waals surface area contributed by atoms with Gasteiger partial charge in [-0.25, -0.2) is 0 Å². The van der Waals surface area contributed by atoms with E-state index in [1.165, 1.54) is 24.3 Å². The Bertz CT molecular complexity index is 266. The van der Waals surface area contributed by atoms with E-state index in [-0.39, 0.29) is 12.2 Å². The lowest BCUT2D eigenvalue weighted by atomic mass is 10.1. The Morgan fingerprint density at radius 1 is 1.53 bits per heavy atom. The highest BCUT2D eigenvalue weighted by Gasteiger charge is 2.37. The van der Waals surface area contributed by atoms with E-state index in [1.54, 1.807) is 0 Å². The normalized spacial score (nSPS) is 33.6. The lowest BCUT2D eigenvalue weighted by molar-refractivity contribution is -0.130. The van der Waals surface area contributed by atoms with Gasteiger partial charge in [0.25, 0.3) is 0 Å². The molecule has 3 nitrogen and oxygen atoms in total. The summed E-state index contributed by atoms with van der Waals surface area (Å²) in [6.45, 7) is 5.25. The maximum atomic E-state index is 12.3. The van der Waals surface area contributed by atoms with Gasteiger partial charge in [-0.3, -0.25) is 10.1 Å². The molecular weight excluding hydrogens is 232 g/mol. The van der Waals surface area contributed by atoms with E-state index in [4.69, 9.17) is 0 Å². The molecule has 0 aliphatic carbocycles. The Hall–Kier alpha value is -0.220. The number of hydrogen-bond donors (Lipinski definition) is 1. The molecule has 1 N–H and O–H groups in total. The molecule has 0 aromatic heterocycles. The summed E-state index contributed by atoms with van der Waals surface area (Å²) in [4.78, 5) is 14.3. The highest BCUT2D eigenvalue weighted by Crippen LogP contribution is 2.26. The molecule has 0 aromatic rings. The van der Waals surface area contributed by atoms with Gasteiger partial charge in [-0.15, -0.1) is 0 Å². The Balaban J connectivity index is 1.86. The number of thioether (sulfide) groups is 1. The molecule has 98 valence electrons. The van der Waals surface area contributed by atoms with E-state index in [2.05, 4.69) is 24.1 Å². The number of unbranched alkanes of at least 4 members (excludes halogenated alkanes) is 1. The SMILES string of the molecule is CCCCC1NC(C)N(CC2CCSC2)C1=O. The average molecular weight is 256 g/mol. The van der Waals surface area contributed by atoms with E-state index in [9.17, 15) is 4.79 Å². The van der Waals surface area contributed by atoms with Gasteiger partial charge in [0.2, 0.25) is 5.91 Å². The van der Waals surface area contributed by atoms with Crippen LogP contribution >= 0.6 is 11.8 Å². The lowest BCUT2D eigenvalue weighted by Gasteiger charge is -2.24. The first kappa shape index (κ1) is 13.2. The number of carbonyl (C=O) groups is 1. The van der Waals surface area contributed by atoms with Crippen molar-refractivity contribution < 1.29 is 4.79 Å². The maximum Gasteiger partial charge on any atom is 0.241 e. The number of rotatable bonds is 5. The third-order valence-corrected chi connectivity index (χ3v) is 5.05. The summed E-state index contributed by atoms with van der Waals surface area (Å²) in [5, 5.41) is 3.43. The fourth-order valence-electron chi connectivity index (χ4n) is 2.71. The molecule has 3 unspecified atom stereocenters. The molecule has 3 atom stereocenters. The lowest BCUT2D eigenvalue weighted by Crippen LogP contribution is -2.38. The summed E-state index contributed by atoms with van der Waals surface area (Å²) < 4.78 is 0. The molecule has 1 amide bonds. The highest BCUT2D eigenvalue weighted by molar-refractivity contribution is 7.99. The predicted molar refractivity (Wildman–Crippen MR) is 73.1 cm³/mol. The van der Waals surface area contributed by atoms with Crippen molar-refractivity contribution in [3.63, 3.8) is 0 Å². The molecule has 2 saturated heterocycles. The second kappa shape index (κ2) is 6.10. The first-order valence-electron chi connectivity index (χ1n) is 6.86. The molecule has 0 bridgehead atoms. The van der Waals surface area contributed by atoms with Crippen molar-refractivity contribution in [2.45, 2.75) is 51.7 Å². The molecule has 0 saturated carbocycles. The minimum absolute atomic E-state index is 0.0824. The number of hydrogen-bond acceptors (Lipinski definition) is 3. The first-order chi connectivity index (χ1) is 8.22. The molecule has 0 aromatic carbocycles. The smallest absolute Gasteiger partial charge is 0.241 e. The van der Waals surface area contributed by atoms with Gasteiger partial charge in [-0.05, 0) is 37.2 Å². The molecule has 2 rings (SSSR count). The van der Waals surface area contributed by atoms with Crippen molar-refractivity contribution in [3.8, 4) is 0 Å². The van der Waals surface area contributed by atoms with Crippen molar-refractivity contribution in [2.24, 2.45) is 5.92 Å². The van der Waals surface area contributed by atoms with Crippen LogP contribution in [-0.4, -0.2) is 41.1 Å². The van der Waals surface area contributed by atoms with Crippen LogP contribution in [0.2, 0.25) is 0 Å². The summed E-state index contributed by atoms with van der Waals surface area (Å²) >= 11 is 2.02. The monoisotopic (exact) mass is 256 g/mol. The molecular formula is C13H24N2OS. The standard InChI is InChI=1S/C13H24N2OS/c1-3-4-5-12-13(16)15(10(2)14-12)8-11-6-7-17-9-11/h10-12,14H,3-9H2,1-2H3. The average Bonchev–Trinajstić information content (AvgIpc) is 2.90. The number of nitrogens with one attached hydrogen (secondary N) is 1. The van der Waals surface area contributed by atoms with Crippen LogP contribution in [0.3, 0.4) is 0 Å². The van der Waals surface area contributed by atoms with Crippen LogP contribution in [0.4, 0.5) is 0 Å². The summed E-state index contributed by atoms with van der Waals surface area (Å²) in [6.07, 6.45) is 4.81. The molecule has 2 heterocycles. The van der Waals surface area contributed by atoms with Crippen molar-refractivity contribution in [1.82, 2.24) is 10.2 Å². The highest BCUT2D eigenvalue weighted by atomic mass is 32.2. The molecule has 0 spiro atoms. The van der Waals surface area contributed by atoms with Crippen LogP contribution in [0.25, 0.3) is 0 Å². The third kappa shape index (κ3) is 3.16. The molecule has 17 heavy (non-hydrogen) atoms. The van der Waals surface area contributed by atoms with Gasteiger partial charge in [-0.1, -0.05) is 19.8 Å². The van der Waals surface area contributed by atoms with Crippen LogP contribution in [0.1, 0.15) is 39.5 Å². The first-order valence-corrected chi connectivity index (χ1v) is 8.02. The van der Waals surface area contributed by atoms with Gasteiger partial charge in [0.1, 0.15) is 0 Å². The zero-order chi connectivity index (χ0) is 12.3. The maximum absolute atomic E-state index is 12.3. The Morgan fingerprint density at radius 3 is 3.00 bits per heavy atom. The topological polar surface area (TPSA) is 32.3 Å². The van der Waals surface area contributed by atoms with Crippen molar-refractivity contribution in [2.75, 3.05) is 18.1 Å². The largest absolute Gasteiger partial charge is 0.326 e. The van der Waals surface area contributed by atoms with Crippen LogP contribution in [0.15, 0.2) is 0 Å². The Labute approximate surface area is 109 Å². The molecule has 4 heteroatoms. The number of amides is 1. The molecule has 2 aliphatic rings. The second-order valence-corrected chi connectivity index (χ2v) is 6.41. The zero-order valence-corrected chi connectivity index (χ0v) is 11.8. The molecule has 2 fully saturated rings. The van der Waals surface area contributed by atoms with Gasteiger partial charge in [0.15, 0.2) is 0 Å². The summed E-state index contributed by atoms with van der Waals surface area (Å²) in [7, 11) is 0. The van der Waals surface area contributed by atoms with E-state index in [0.29, 0.717) is 5.91 Å². The van der Waals surface area contributed by atoms with E-state index < -0.39 is 0 Å². The Morgan fingerprint density at radius 2 is 2.35 bits per heavy atom. The third-order valence-electron chi connectivity index (χ3n) is 3.82. The van der Waals surface area contributed by atoms with Gasteiger partial charge in [0.05, 0.1) is 12.2 Å². The van der Waals surface area contributed by atoms with Crippen LogP contribution < -0.4 is 5.32 Å². The minimum Gasteiger partial charge on any atom is -0.326 e. The van der Waals surface area contributed by atoms with Crippen LogP contribution in [0, 0.1) is 5.92 Å². The Kier molecular flexibility index (Phi) is 4.74. The van der Waals surface area contributed by atoms with Gasteiger partial charge >= 0.3 is 0 Å². The molecule has 0 radical (unpaired) electrons. The second-order valence-electron chi connectivity index (χ2n) is 5.26. The summed E-state index contributed by atoms with van der Waals surface area (Å²) in [6, 6.07) is 0.0824.